The van der Waals surface area contributed by atoms with Crippen molar-refractivity contribution in [2.24, 2.45) is 0 Å². The van der Waals surface area contributed by atoms with Crippen LogP contribution in [0.15, 0.2) is 24.3 Å². The topological polar surface area (TPSA) is 92.8 Å². The predicted octanol–water partition coefficient (Wildman–Crippen LogP) is 2.21. The molecule has 0 aromatic heterocycles. The number of halogens is 2. The highest BCUT2D eigenvalue weighted by Gasteiger charge is 2.04. The molecule has 0 aliphatic rings. The number of nitro groups is 1. The fourth-order valence-corrected chi connectivity index (χ4v) is 1.28. The highest BCUT2D eigenvalue weighted by atomic mass is 35.5. The van der Waals surface area contributed by atoms with Gasteiger partial charge < -0.3 is 14.3 Å². The highest BCUT2D eigenvalue weighted by molar-refractivity contribution is 7.39. The first-order valence-electron chi connectivity index (χ1n) is 4.13. The van der Waals surface area contributed by atoms with Gasteiger partial charge in [0, 0.05) is 12.1 Å². The van der Waals surface area contributed by atoms with Gasteiger partial charge in [0.15, 0.2) is 0 Å². The Morgan fingerprint density at radius 3 is 2.18 bits per heavy atom. The van der Waals surface area contributed by atoms with Gasteiger partial charge in [0.25, 0.3) is 5.69 Å². The molecule has 0 aliphatic heterocycles. The molecule has 0 bridgehead atoms. The Labute approximate surface area is 112 Å². The van der Waals surface area contributed by atoms with E-state index in [4.69, 9.17) is 9.79 Å². The summed E-state index contributed by atoms with van der Waals surface area (Å²) in [6.07, 6.45) is 0.484. The summed E-state index contributed by atoms with van der Waals surface area (Å²) in [5.41, 5.74) is 0.878. The lowest BCUT2D eigenvalue weighted by molar-refractivity contribution is -0.384. The zero-order chi connectivity index (χ0) is 11.3. The first-order chi connectivity index (χ1) is 7.09. The first kappa shape index (κ1) is 18.9. The molecule has 0 aliphatic carbocycles. The smallest absolute Gasteiger partial charge is 0.327 e. The van der Waals surface area contributed by atoms with Crippen molar-refractivity contribution in [3.05, 3.63) is 39.9 Å². The molecule has 17 heavy (non-hydrogen) atoms. The molecule has 0 saturated carbocycles. The van der Waals surface area contributed by atoms with Crippen molar-refractivity contribution >= 4 is 39.1 Å². The van der Waals surface area contributed by atoms with E-state index in [0.29, 0.717) is 6.42 Å². The molecule has 0 unspecified atom stereocenters. The second-order valence-corrected chi connectivity index (χ2v) is 3.52. The molecule has 0 atom stereocenters. The molecule has 2 N–H and O–H groups in total. The van der Waals surface area contributed by atoms with Crippen LogP contribution in [-0.2, 0) is 10.9 Å². The monoisotopic (exact) mass is 303 g/mol. The van der Waals surface area contributed by atoms with Crippen molar-refractivity contribution in [3.63, 3.8) is 0 Å². The second kappa shape index (κ2) is 9.53. The van der Waals surface area contributed by atoms with Crippen molar-refractivity contribution < 1.29 is 19.2 Å². The van der Waals surface area contributed by atoms with E-state index in [1.807, 2.05) is 0 Å². The lowest BCUT2D eigenvalue weighted by atomic mass is 10.1. The van der Waals surface area contributed by atoms with Gasteiger partial charge >= 0.3 is 8.60 Å². The molecular formula is C8H12Cl2NO5P. The third-order valence-electron chi connectivity index (χ3n) is 1.74. The second-order valence-electron chi connectivity index (χ2n) is 2.76. The summed E-state index contributed by atoms with van der Waals surface area (Å²) in [7, 11) is -2.32. The Bertz CT molecular complexity index is 335. The van der Waals surface area contributed by atoms with E-state index >= 15 is 0 Å². The third-order valence-corrected chi connectivity index (χ3v) is 2.16. The zero-order valence-electron chi connectivity index (χ0n) is 8.55. The van der Waals surface area contributed by atoms with Crippen LogP contribution in [0.1, 0.15) is 5.56 Å². The largest absolute Gasteiger partial charge is 0.328 e. The minimum absolute atomic E-state index is 0. The number of non-ortho nitro benzene ring substituents is 1. The van der Waals surface area contributed by atoms with Crippen LogP contribution in [-0.4, -0.2) is 21.3 Å². The molecule has 0 fully saturated rings. The lowest BCUT2D eigenvalue weighted by Crippen LogP contribution is -1.95. The molecule has 98 valence electrons. The number of benzene rings is 1. The molecule has 1 rings (SSSR count). The number of nitrogens with zero attached hydrogens (tertiary/aromatic N) is 1. The highest BCUT2D eigenvalue weighted by Crippen LogP contribution is 2.24. The van der Waals surface area contributed by atoms with Gasteiger partial charge in [0.2, 0.25) is 0 Å². The molecule has 0 radical (unpaired) electrons. The summed E-state index contributed by atoms with van der Waals surface area (Å²) in [4.78, 5) is 26.8. The zero-order valence-corrected chi connectivity index (χ0v) is 11.1. The van der Waals surface area contributed by atoms with E-state index in [9.17, 15) is 10.1 Å². The third kappa shape index (κ3) is 7.44. The van der Waals surface area contributed by atoms with Gasteiger partial charge in [-0.25, -0.2) is 0 Å². The number of hydrogen-bond acceptors (Lipinski definition) is 5. The molecule has 6 nitrogen and oxygen atoms in total. The summed E-state index contributed by atoms with van der Waals surface area (Å²) in [5, 5.41) is 10.3. The number of rotatable bonds is 5. The Kier molecular flexibility index (Phi) is 10.6. The van der Waals surface area contributed by atoms with Crippen LogP contribution in [0.25, 0.3) is 0 Å². The van der Waals surface area contributed by atoms with E-state index < -0.39 is 13.5 Å². The Balaban J connectivity index is 0. The predicted molar refractivity (Wildman–Crippen MR) is 68.6 cm³/mol. The normalized spacial score (nSPS) is 9.35. The van der Waals surface area contributed by atoms with Crippen LogP contribution in [0.4, 0.5) is 5.69 Å². The number of hydrogen-bond donors (Lipinski definition) is 2. The molecule has 0 spiro atoms. The van der Waals surface area contributed by atoms with Gasteiger partial charge in [-0.3, -0.25) is 10.1 Å². The molecule has 1 aromatic rings. The summed E-state index contributed by atoms with van der Waals surface area (Å²) in [6.45, 7) is 0.177. The van der Waals surface area contributed by atoms with Crippen LogP contribution >= 0.6 is 33.4 Å². The van der Waals surface area contributed by atoms with Gasteiger partial charge in [0.1, 0.15) is 0 Å². The average Bonchev–Trinajstić information content (AvgIpc) is 2.18. The number of nitro benzene ring substituents is 1. The van der Waals surface area contributed by atoms with Crippen LogP contribution in [0.3, 0.4) is 0 Å². The Hall–Kier alpha value is -0.490. The van der Waals surface area contributed by atoms with Crippen molar-refractivity contribution in [2.75, 3.05) is 6.61 Å². The first-order valence-corrected chi connectivity index (χ1v) is 5.30. The van der Waals surface area contributed by atoms with Crippen molar-refractivity contribution in [2.45, 2.75) is 6.42 Å². The fraction of sp³-hybridized carbons (Fsp3) is 0.250. The summed E-state index contributed by atoms with van der Waals surface area (Å²) in [6, 6.07) is 6.02. The van der Waals surface area contributed by atoms with Crippen molar-refractivity contribution in [3.8, 4) is 0 Å². The van der Waals surface area contributed by atoms with Gasteiger partial charge in [-0.05, 0) is 12.0 Å². The molecule has 0 saturated heterocycles. The lowest BCUT2D eigenvalue weighted by Gasteiger charge is -2.03. The van der Waals surface area contributed by atoms with E-state index in [2.05, 4.69) is 4.52 Å². The summed E-state index contributed by atoms with van der Waals surface area (Å²) in [5.74, 6) is 0. The van der Waals surface area contributed by atoms with Gasteiger partial charge in [0.05, 0.1) is 11.5 Å². The van der Waals surface area contributed by atoms with Crippen LogP contribution < -0.4 is 0 Å². The maximum absolute atomic E-state index is 10.3. The average molecular weight is 304 g/mol. The summed E-state index contributed by atoms with van der Waals surface area (Å²) >= 11 is 0. The van der Waals surface area contributed by atoms with E-state index in [1.165, 1.54) is 12.1 Å². The van der Waals surface area contributed by atoms with Crippen LogP contribution in [0, 0.1) is 10.1 Å². The van der Waals surface area contributed by atoms with Crippen LogP contribution in [0.5, 0.6) is 0 Å². The van der Waals surface area contributed by atoms with Gasteiger partial charge in [-0.1, -0.05) is 12.1 Å². The summed E-state index contributed by atoms with van der Waals surface area (Å²) < 4.78 is 4.57. The molecular weight excluding hydrogens is 292 g/mol. The maximum Gasteiger partial charge on any atom is 0.327 e. The Morgan fingerprint density at radius 2 is 1.76 bits per heavy atom. The van der Waals surface area contributed by atoms with Gasteiger partial charge in [-0.15, -0.1) is 24.8 Å². The van der Waals surface area contributed by atoms with Crippen LogP contribution in [0.2, 0.25) is 0 Å². The van der Waals surface area contributed by atoms with Crippen molar-refractivity contribution in [1.29, 1.82) is 0 Å². The molecule has 9 heteroatoms. The van der Waals surface area contributed by atoms with E-state index in [0.717, 1.165) is 5.56 Å². The van der Waals surface area contributed by atoms with E-state index in [1.54, 1.807) is 12.1 Å². The minimum Gasteiger partial charge on any atom is -0.328 e. The molecule has 1 aromatic carbocycles. The van der Waals surface area contributed by atoms with Crippen molar-refractivity contribution in [1.82, 2.24) is 0 Å². The molecule has 0 amide bonds. The molecule has 0 heterocycles. The minimum atomic E-state index is -2.32. The van der Waals surface area contributed by atoms with E-state index in [-0.39, 0.29) is 37.1 Å². The van der Waals surface area contributed by atoms with Gasteiger partial charge in [-0.2, -0.15) is 0 Å². The SMILES string of the molecule is Cl.Cl.O=[N+]([O-])c1ccc(CCOP(O)O)cc1. The fourth-order valence-electron chi connectivity index (χ4n) is 1.03. The quantitative estimate of drug-likeness (QED) is 0.494. The maximum atomic E-state index is 10.3. The standard InChI is InChI=1S/C8H10NO5P.2ClH/c10-9(11)8-3-1-7(2-4-8)5-6-14-15(12)13;;/h1-4,12-13H,5-6H2;2*1H. The Morgan fingerprint density at radius 1 is 1.24 bits per heavy atom.